The van der Waals surface area contributed by atoms with E-state index < -0.39 is 0 Å². The molecular formula is C22H25NO4. The van der Waals surface area contributed by atoms with Gasteiger partial charge >= 0.3 is 0 Å². The number of rotatable bonds is 6. The molecule has 27 heavy (non-hydrogen) atoms. The zero-order valence-electron chi connectivity index (χ0n) is 16.0. The molecule has 1 aliphatic rings. The minimum Gasteiger partial charge on any atom is -0.496 e. The smallest absolute Gasteiger partial charge is 0.248 e. The van der Waals surface area contributed by atoms with Gasteiger partial charge in [-0.25, -0.2) is 0 Å². The number of ether oxygens (including phenoxy) is 3. The first-order valence-electron chi connectivity index (χ1n) is 9.06. The predicted octanol–water partition coefficient (Wildman–Crippen LogP) is 4.24. The number of carbonyl (C=O) groups excluding carboxylic acids is 1. The van der Waals surface area contributed by atoms with Gasteiger partial charge in [-0.2, -0.15) is 0 Å². The number of benzene rings is 2. The molecule has 2 aromatic rings. The van der Waals surface area contributed by atoms with Gasteiger partial charge < -0.3 is 19.5 Å². The Labute approximate surface area is 159 Å². The van der Waals surface area contributed by atoms with Crippen LogP contribution in [0, 0.1) is 0 Å². The van der Waals surface area contributed by atoms with Crippen molar-refractivity contribution in [3.8, 4) is 17.2 Å². The number of carbonyl (C=O) groups is 1. The summed E-state index contributed by atoms with van der Waals surface area (Å²) >= 11 is 0. The average Bonchev–Trinajstić information content (AvgIpc) is 2.71. The van der Waals surface area contributed by atoms with Gasteiger partial charge in [0.1, 0.15) is 5.75 Å². The topological polar surface area (TPSA) is 56.8 Å². The van der Waals surface area contributed by atoms with Gasteiger partial charge in [0.05, 0.1) is 21.3 Å². The number of nitrogens with one attached hydrogen (secondary N) is 1. The first kappa shape index (κ1) is 18.8. The molecule has 5 heteroatoms. The highest BCUT2D eigenvalue weighted by Crippen LogP contribution is 2.35. The third-order valence-electron chi connectivity index (χ3n) is 4.80. The first-order chi connectivity index (χ1) is 13.2. The number of aryl methyl sites for hydroxylation is 1. The average molecular weight is 367 g/mol. The quantitative estimate of drug-likeness (QED) is 0.776. The van der Waals surface area contributed by atoms with E-state index in [2.05, 4.69) is 11.4 Å². The van der Waals surface area contributed by atoms with Crippen molar-refractivity contribution < 1.29 is 19.0 Å². The van der Waals surface area contributed by atoms with Gasteiger partial charge in [-0.1, -0.05) is 12.1 Å². The van der Waals surface area contributed by atoms with Crippen LogP contribution in [-0.2, 0) is 17.6 Å². The molecule has 0 saturated carbocycles. The SMILES string of the molecule is COc1cc(OC)c(OC)cc1/C=C/C(=O)Nc1cccc2c1CCCC2. The van der Waals surface area contributed by atoms with Gasteiger partial charge in [-0.3, -0.25) is 4.79 Å². The first-order valence-corrected chi connectivity index (χ1v) is 9.06. The van der Waals surface area contributed by atoms with Crippen molar-refractivity contribution in [2.75, 3.05) is 26.6 Å². The standard InChI is InChI=1S/C22H25NO4/c1-25-19-14-21(27-3)20(26-2)13-16(19)11-12-22(24)23-18-10-6-8-15-7-4-5-9-17(15)18/h6,8,10-14H,4-5,7,9H2,1-3H3,(H,23,24)/b12-11+. The van der Waals surface area contributed by atoms with Gasteiger partial charge in [0.25, 0.3) is 0 Å². The lowest BCUT2D eigenvalue weighted by atomic mass is 9.90. The molecule has 0 aliphatic heterocycles. The molecule has 0 heterocycles. The normalized spacial score (nSPS) is 13.1. The molecule has 0 unspecified atom stereocenters. The Kier molecular flexibility index (Phi) is 6.01. The van der Waals surface area contributed by atoms with Gasteiger partial charge in [-0.05, 0) is 55.0 Å². The monoisotopic (exact) mass is 367 g/mol. The number of methoxy groups -OCH3 is 3. The van der Waals surface area contributed by atoms with Crippen LogP contribution in [-0.4, -0.2) is 27.2 Å². The Morgan fingerprint density at radius 1 is 0.963 bits per heavy atom. The molecule has 0 atom stereocenters. The number of hydrogen-bond donors (Lipinski definition) is 1. The summed E-state index contributed by atoms with van der Waals surface area (Å²) in [6, 6.07) is 9.64. The molecule has 0 fully saturated rings. The molecule has 0 aromatic heterocycles. The van der Waals surface area contributed by atoms with Gasteiger partial charge in [0.2, 0.25) is 5.91 Å². The van der Waals surface area contributed by atoms with Crippen molar-refractivity contribution in [2.45, 2.75) is 25.7 Å². The minimum atomic E-state index is -0.175. The summed E-state index contributed by atoms with van der Waals surface area (Å²) in [5.41, 5.74) is 4.24. The summed E-state index contributed by atoms with van der Waals surface area (Å²) < 4.78 is 16.0. The van der Waals surface area contributed by atoms with E-state index in [1.165, 1.54) is 30.0 Å². The Morgan fingerprint density at radius 2 is 1.67 bits per heavy atom. The second kappa shape index (κ2) is 8.62. The molecule has 1 aliphatic carbocycles. The Bertz CT molecular complexity index is 858. The molecule has 142 valence electrons. The van der Waals surface area contributed by atoms with E-state index in [1.807, 2.05) is 12.1 Å². The number of fused-ring (bicyclic) bond motifs is 1. The number of hydrogen-bond acceptors (Lipinski definition) is 4. The second-order valence-corrected chi connectivity index (χ2v) is 6.42. The largest absolute Gasteiger partial charge is 0.496 e. The molecule has 0 radical (unpaired) electrons. The van der Waals surface area contributed by atoms with Crippen LogP contribution in [0.2, 0.25) is 0 Å². The third kappa shape index (κ3) is 4.25. The summed E-state index contributed by atoms with van der Waals surface area (Å²) in [4.78, 5) is 12.5. The van der Waals surface area contributed by atoms with E-state index in [0.717, 1.165) is 24.1 Å². The Morgan fingerprint density at radius 3 is 2.41 bits per heavy atom. The maximum Gasteiger partial charge on any atom is 0.248 e. The number of anilines is 1. The maximum absolute atomic E-state index is 12.5. The van der Waals surface area contributed by atoms with Crippen LogP contribution in [0.3, 0.4) is 0 Å². The fraction of sp³-hybridized carbons (Fsp3) is 0.318. The van der Waals surface area contributed by atoms with Crippen LogP contribution in [0.5, 0.6) is 17.2 Å². The van der Waals surface area contributed by atoms with Crippen molar-refractivity contribution in [2.24, 2.45) is 0 Å². The lowest BCUT2D eigenvalue weighted by Gasteiger charge is -2.19. The van der Waals surface area contributed by atoms with Crippen LogP contribution in [0.15, 0.2) is 36.4 Å². The minimum absolute atomic E-state index is 0.175. The summed E-state index contributed by atoms with van der Waals surface area (Å²) in [6.45, 7) is 0. The Hall–Kier alpha value is -2.95. The predicted molar refractivity (Wildman–Crippen MR) is 107 cm³/mol. The fourth-order valence-electron chi connectivity index (χ4n) is 3.42. The van der Waals surface area contributed by atoms with E-state index in [1.54, 1.807) is 39.5 Å². The molecule has 1 amide bonds. The molecule has 3 rings (SSSR count). The maximum atomic E-state index is 12.5. The Balaban J connectivity index is 1.79. The molecule has 1 N–H and O–H groups in total. The van der Waals surface area contributed by atoms with Crippen LogP contribution >= 0.6 is 0 Å². The van der Waals surface area contributed by atoms with Crippen LogP contribution < -0.4 is 19.5 Å². The fourth-order valence-corrected chi connectivity index (χ4v) is 3.42. The zero-order valence-corrected chi connectivity index (χ0v) is 16.0. The lowest BCUT2D eigenvalue weighted by Crippen LogP contribution is -2.13. The van der Waals surface area contributed by atoms with Crippen LogP contribution in [0.1, 0.15) is 29.5 Å². The summed E-state index contributed by atoms with van der Waals surface area (Å²) in [5.74, 6) is 1.59. The van der Waals surface area contributed by atoms with Gasteiger partial charge in [-0.15, -0.1) is 0 Å². The molecule has 0 spiro atoms. The van der Waals surface area contributed by atoms with E-state index in [0.29, 0.717) is 17.2 Å². The lowest BCUT2D eigenvalue weighted by molar-refractivity contribution is -0.111. The molecular weight excluding hydrogens is 342 g/mol. The second-order valence-electron chi connectivity index (χ2n) is 6.42. The highest BCUT2D eigenvalue weighted by atomic mass is 16.5. The van der Waals surface area contributed by atoms with Crippen molar-refractivity contribution >= 4 is 17.7 Å². The molecule has 2 aromatic carbocycles. The highest BCUT2D eigenvalue weighted by molar-refractivity contribution is 6.02. The highest BCUT2D eigenvalue weighted by Gasteiger charge is 2.14. The molecule has 0 saturated heterocycles. The van der Waals surface area contributed by atoms with E-state index in [9.17, 15) is 4.79 Å². The van der Waals surface area contributed by atoms with Crippen LogP contribution in [0.4, 0.5) is 5.69 Å². The van der Waals surface area contributed by atoms with Crippen molar-refractivity contribution in [3.05, 3.63) is 53.1 Å². The van der Waals surface area contributed by atoms with E-state index >= 15 is 0 Å². The zero-order chi connectivity index (χ0) is 19.2. The summed E-state index contributed by atoms with van der Waals surface area (Å²) in [6.07, 6.45) is 7.69. The molecule has 0 bridgehead atoms. The van der Waals surface area contributed by atoms with Crippen molar-refractivity contribution in [3.63, 3.8) is 0 Å². The van der Waals surface area contributed by atoms with E-state index in [4.69, 9.17) is 14.2 Å². The van der Waals surface area contributed by atoms with Gasteiger partial charge in [0, 0.05) is 23.4 Å². The van der Waals surface area contributed by atoms with Crippen molar-refractivity contribution in [1.82, 2.24) is 0 Å². The van der Waals surface area contributed by atoms with Crippen LogP contribution in [0.25, 0.3) is 6.08 Å². The van der Waals surface area contributed by atoms with E-state index in [-0.39, 0.29) is 5.91 Å². The summed E-state index contributed by atoms with van der Waals surface area (Å²) in [5, 5.41) is 3.01. The third-order valence-corrected chi connectivity index (χ3v) is 4.80. The number of amides is 1. The summed E-state index contributed by atoms with van der Waals surface area (Å²) in [7, 11) is 4.72. The van der Waals surface area contributed by atoms with Gasteiger partial charge in [0.15, 0.2) is 11.5 Å². The van der Waals surface area contributed by atoms with Crippen molar-refractivity contribution in [1.29, 1.82) is 0 Å². The molecule has 5 nitrogen and oxygen atoms in total.